The summed E-state index contributed by atoms with van der Waals surface area (Å²) in [6.07, 6.45) is 4.76. The van der Waals surface area contributed by atoms with Gasteiger partial charge >= 0.3 is 0 Å². The van der Waals surface area contributed by atoms with Crippen LogP contribution in [0, 0.1) is 0 Å². The van der Waals surface area contributed by atoms with Crippen molar-refractivity contribution < 1.29 is 4.79 Å². The predicted molar refractivity (Wildman–Crippen MR) is 79.1 cm³/mol. The molecule has 0 bridgehead atoms. The van der Waals surface area contributed by atoms with Gasteiger partial charge in [0.15, 0.2) is 0 Å². The highest BCUT2D eigenvalue weighted by Crippen LogP contribution is 2.39. The molecule has 104 valence electrons. The van der Waals surface area contributed by atoms with Crippen molar-refractivity contribution >= 4 is 28.8 Å². The van der Waals surface area contributed by atoms with Gasteiger partial charge in [-0.15, -0.1) is 11.3 Å². The van der Waals surface area contributed by atoms with Crippen molar-refractivity contribution in [1.29, 1.82) is 0 Å². The second-order valence-corrected chi connectivity index (χ2v) is 7.44. The summed E-state index contributed by atoms with van der Waals surface area (Å²) < 4.78 is 0.693. The Balaban J connectivity index is 1.87. The van der Waals surface area contributed by atoms with Crippen molar-refractivity contribution in [1.82, 2.24) is 9.80 Å². The second kappa shape index (κ2) is 5.08. The van der Waals surface area contributed by atoms with Gasteiger partial charge in [-0.1, -0.05) is 24.4 Å². The van der Waals surface area contributed by atoms with Gasteiger partial charge in [0.1, 0.15) is 0 Å². The first kappa shape index (κ1) is 13.4. The molecule has 1 aliphatic carbocycles. The lowest BCUT2D eigenvalue weighted by atomic mass is 9.91. The molecule has 3 nitrogen and oxygen atoms in total. The van der Waals surface area contributed by atoms with E-state index < -0.39 is 0 Å². The van der Waals surface area contributed by atoms with Crippen LogP contribution in [0.5, 0.6) is 0 Å². The van der Waals surface area contributed by atoms with Gasteiger partial charge in [0.2, 0.25) is 0 Å². The molecule has 1 saturated heterocycles. The van der Waals surface area contributed by atoms with Crippen molar-refractivity contribution in [3.63, 3.8) is 0 Å². The molecule has 1 aromatic heterocycles. The number of amides is 1. The number of carbonyl (C=O) groups excluding carboxylic acids is 1. The Labute approximate surface area is 123 Å². The first-order chi connectivity index (χ1) is 9.11. The molecule has 1 aromatic rings. The summed E-state index contributed by atoms with van der Waals surface area (Å²) >= 11 is 7.35. The summed E-state index contributed by atoms with van der Waals surface area (Å²) in [5.74, 6) is 0.173. The Morgan fingerprint density at radius 1 is 1.32 bits per heavy atom. The van der Waals surface area contributed by atoms with Crippen molar-refractivity contribution in [3.05, 3.63) is 21.3 Å². The topological polar surface area (TPSA) is 23.6 Å². The molecule has 1 aliphatic heterocycles. The van der Waals surface area contributed by atoms with E-state index in [9.17, 15) is 4.79 Å². The molecule has 0 aromatic carbocycles. The Bertz CT molecular complexity index is 482. The molecule has 0 radical (unpaired) electrons. The van der Waals surface area contributed by atoms with Crippen LogP contribution >= 0.6 is 22.9 Å². The molecule has 19 heavy (non-hydrogen) atoms. The number of piperazine rings is 1. The van der Waals surface area contributed by atoms with E-state index in [0.717, 1.165) is 37.4 Å². The van der Waals surface area contributed by atoms with Crippen LogP contribution in [0.2, 0.25) is 4.34 Å². The third-order valence-corrected chi connectivity index (χ3v) is 5.62. The number of hydrogen-bond acceptors (Lipinski definition) is 3. The summed E-state index contributed by atoms with van der Waals surface area (Å²) in [7, 11) is 2.16. The van der Waals surface area contributed by atoms with Crippen molar-refractivity contribution in [3.8, 4) is 0 Å². The summed E-state index contributed by atoms with van der Waals surface area (Å²) in [4.78, 5) is 18.0. The Hall–Kier alpha value is -0.580. The minimum atomic E-state index is 0.0700. The Kier molecular flexibility index (Phi) is 3.58. The molecule has 2 heterocycles. The maximum Gasteiger partial charge on any atom is 0.264 e. The van der Waals surface area contributed by atoms with Gasteiger partial charge < -0.3 is 9.80 Å². The molecule has 3 rings (SSSR count). The molecule has 0 atom stereocenters. The lowest BCUT2D eigenvalue weighted by molar-refractivity contribution is 0.0129. The fraction of sp³-hybridized carbons (Fsp3) is 0.643. The maximum absolute atomic E-state index is 12.7. The van der Waals surface area contributed by atoms with Gasteiger partial charge in [-0.25, -0.2) is 0 Å². The molecule has 1 spiro atoms. The molecular formula is C14H19ClN2OS. The van der Waals surface area contributed by atoms with Gasteiger partial charge in [-0.3, -0.25) is 4.79 Å². The van der Waals surface area contributed by atoms with Gasteiger partial charge in [0, 0.05) is 19.6 Å². The summed E-state index contributed by atoms with van der Waals surface area (Å²) in [5.41, 5.74) is 0.0700. The quantitative estimate of drug-likeness (QED) is 0.795. The first-order valence-corrected chi connectivity index (χ1v) is 8.06. The Morgan fingerprint density at radius 3 is 2.68 bits per heavy atom. The summed E-state index contributed by atoms with van der Waals surface area (Å²) in [6.45, 7) is 2.81. The van der Waals surface area contributed by atoms with Gasteiger partial charge in [-0.2, -0.15) is 0 Å². The zero-order valence-corrected chi connectivity index (χ0v) is 12.8. The van der Waals surface area contributed by atoms with Crippen LogP contribution in [0.1, 0.15) is 35.4 Å². The SMILES string of the molecule is CN1CCN(C(=O)c2ccc(Cl)s2)C2(CCCC2)C1. The van der Waals surface area contributed by atoms with E-state index in [1.54, 1.807) is 0 Å². The largest absolute Gasteiger partial charge is 0.330 e. The van der Waals surface area contributed by atoms with Crippen LogP contribution in [0.25, 0.3) is 0 Å². The number of carbonyl (C=O) groups is 1. The third kappa shape index (κ3) is 2.41. The van der Waals surface area contributed by atoms with Gasteiger partial charge in [0.05, 0.1) is 14.8 Å². The zero-order valence-electron chi connectivity index (χ0n) is 11.2. The van der Waals surface area contributed by atoms with Crippen molar-refractivity contribution in [2.75, 3.05) is 26.7 Å². The molecule has 2 fully saturated rings. The molecule has 5 heteroatoms. The third-order valence-electron chi connectivity index (χ3n) is 4.41. The first-order valence-electron chi connectivity index (χ1n) is 6.87. The van der Waals surface area contributed by atoms with E-state index in [0.29, 0.717) is 4.34 Å². The maximum atomic E-state index is 12.7. The zero-order chi connectivity index (χ0) is 13.5. The normalized spacial score (nSPS) is 23.2. The number of thiophene rings is 1. The van der Waals surface area contributed by atoms with Crippen LogP contribution in [0.15, 0.2) is 12.1 Å². The molecular weight excluding hydrogens is 280 g/mol. The molecule has 1 saturated carbocycles. The van der Waals surface area contributed by atoms with E-state index in [1.807, 2.05) is 12.1 Å². The summed E-state index contributed by atoms with van der Waals surface area (Å²) in [5, 5.41) is 0. The number of nitrogens with zero attached hydrogens (tertiary/aromatic N) is 2. The van der Waals surface area contributed by atoms with Crippen LogP contribution < -0.4 is 0 Å². The van der Waals surface area contributed by atoms with Gasteiger partial charge in [0.25, 0.3) is 5.91 Å². The Morgan fingerprint density at radius 2 is 2.05 bits per heavy atom. The van der Waals surface area contributed by atoms with Crippen LogP contribution in [0.4, 0.5) is 0 Å². The average Bonchev–Trinajstić information content (AvgIpc) is 2.99. The van der Waals surface area contributed by atoms with Crippen LogP contribution in [-0.2, 0) is 0 Å². The molecule has 1 amide bonds. The van der Waals surface area contributed by atoms with Gasteiger partial charge in [-0.05, 0) is 32.0 Å². The fourth-order valence-electron chi connectivity index (χ4n) is 3.52. The van der Waals surface area contributed by atoms with E-state index in [2.05, 4.69) is 16.8 Å². The lowest BCUT2D eigenvalue weighted by Gasteiger charge is -2.48. The van der Waals surface area contributed by atoms with Crippen LogP contribution in [0.3, 0.4) is 0 Å². The standard InChI is InChI=1S/C14H19ClN2OS/c1-16-8-9-17(14(10-16)6-2-3-7-14)13(18)11-4-5-12(15)19-11/h4-5H,2-3,6-10H2,1H3. The summed E-state index contributed by atoms with van der Waals surface area (Å²) in [6, 6.07) is 3.67. The minimum Gasteiger partial charge on any atom is -0.330 e. The second-order valence-electron chi connectivity index (χ2n) is 5.73. The highest BCUT2D eigenvalue weighted by Gasteiger charge is 2.45. The lowest BCUT2D eigenvalue weighted by Crippen LogP contribution is -2.61. The van der Waals surface area contributed by atoms with E-state index >= 15 is 0 Å². The molecule has 2 aliphatic rings. The number of rotatable bonds is 1. The van der Waals surface area contributed by atoms with E-state index in [1.165, 1.54) is 24.2 Å². The number of hydrogen-bond donors (Lipinski definition) is 0. The highest BCUT2D eigenvalue weighted by atomic mass is 35.5. The number of halogens is 1. The smallest absolute Gasteiger partial charge is 0.264 e. The van der Waals surface area contributed by atoms with Crippen LogP contribution in [-0.4, -0.2) is 47.9 Å². The molecule has 0 unspecified atom stereocenters. The number of likely N-dealkylation sites (N-methyl/N-ethyl adjacent to an activating group) is 1. The average molecular weight is 299 g/mol. The van der Waals surface area contributed by atoms with E-state index in [-0.39, 0.29) is 11.4 Å². The van der Waals surface area contributed by atoms with Crippen molar-refractivity contribution in [2.24, 2.45) is 0 Å². The fourth-order valence-corrected chi connectivity index (χ4v) is 4.51. The van der Waals surface area contributed by atoms with Crippen molar-refractivity contribution in [2.45, 2.75) is 31.2 Å². The predicted octanol–water partition coefficient (Wildman–Crippen LogP) is 3.10. The highest BCUT2D eigenvalue weighted by molar-refractivity contribution is 7.17. The molecule has 0 N–H and O–H groups in total. The monoisotopic (exact) mass is 298 g/mol. The minimum absolute atomic E-state index is 0.0700. The van der Waals surface area contributed by atoms with E-state index in [4.69, 9.17) is 11.6 Å².